The third kappa shape index (κ3) is 4.05. The number of amides is 1. The van der Waals surface area contributed by atoms with Gasteiger partial charge in [0.05, 0.1) is 16.8 Å². The highest BCUT2D eigenvalue weighted by Gasteiger charge is 2.20. The number of phenols is 1. The Morgan fingerprint density at radius 3 is 2.48 bits per heavy atom. The number of Topliss-reactive ketones (excluding diaryl/α,β-unsaturated/α-hetero) is 1. The Morgan fingerprint density at radius 2 is 1.81 bits per heavy atom. The summed E-state index contributed by atoms with van der Waals surface area (Å²) in [6, 6.07) is 18.2. The average molecular weight is 413 g/mol. The van der Waals surface area contributed by atoms with E-state index in [0.29, 0.717) is 23.2 Å². The van der Waals surface area contributed by atoms with Crippen LogP contribution in [0.5, 0.6) is 5.75 Å². The predicted octanol–water partition coefficient (Wildman–Crippen LogP) is 4.65. The standard InChI is InChI=1S/C25H23N3O3/c1-15-5-4-6-17(11-15)12-22-20-13-21(24(30)14-23(20)27-26-22)25(31)28(3)19-9-7-18(8-10-19)16(2)29/h4-11,13-14,30H,12H2,1-3H3,(H,26,27). The van der Waals surface area contributed by atoms with Gasteiger partial charge in [0.25, 0.3) is 5.91 Å². The molecule has 1 heterocycles. The number of nitrogens with zero attached hydrogens (tertiary/aromatic N) is 2. The second-order valence-corrected chi connectivity index (χ2v) is 7.72. The first-order chi connectivity index (χ1) is 14.8. The minimum absolute atomic E-state index is 0.0373. The maximum Gasteiger partial charge on any atom is 0.261 e. The van der Waals surface area contributed by atoms with E-state index in [1.165, 1.54) is 23.5 Å². The van der Waals surface area contributed by atoms with Gasteiger partial charge in [-0.2, -0.15) is 5.10 Å². The van der Waals surface area contributed by atoms with Crippen molar-refractivity contribution < 1.29 is 14.7 Å². The van der Waals surface area contributed by atoms with E-state index in [2.05, 4.69) is 16.3 Å². The van der Waals surface area contributed by atoms with E-state index in [0.717, 1.165) is 16.6 Å². The van der Waals surface area contributed by atoms with Crippen molar-refractivity contribution in [3.05, 3.63) is 88.6 Å². The number of nitrogens with one attached hydrogen (secondary N) is 1. The number of H-pyrrole nitrogens is 1. The molecule has 31 heavy (non-hydrogen) atoms. The lowest BCUT2D eigenvalue weighted by atomic mass is 10.0. The first-order valence-electron chi connectivity index (χ1n) is 9.98. The third-order valence-corrected chi connectivity index (χ3v) is 5.41. The van der Waals surface area contributed by atoms with Crippen molar-refractivity contribution >= 4 is 28.3 Å². The van der Waals surface area contributed by atoms with Crippen LogP contribution in [0, 0.1) is 6.92 Å². The summed E-state index contributed by atoms with van der Waals surface area (Å²) in [4.78, 5) is 26.1. The number of aromatic amines is 1. The van der Waals surface area contributed by atoms with E-state index in [1.807, 2.05) is 25.1 Å². The number of rotatable bonds is 5. The van der Waals surface area contributed by atoms with Gasteiger partial charge in [0.1, 0.15) is 5.75 Å². The number of carbonyl (C=O) groups excluding carboxylic acids is 2. The van der Waals surface area contributed by atoms with Crippen molar-refractivity contribution in [1.29, 1.82) is 0 Å². The first kappa shape index (κ1) is 20.3. The number of aromatic nitrogens is 2. The van der Waals surface area contributed by atoms with Crippen LogP contribution in [-0.4, -0.2) is 34.0 Å². The van der Waals surface area contributed by atoms with Gasteiger partial charge in [0.2, 0.25) is 0 Å². The third-order valence-electron chi connectivity index (χ3n) is 5.41. The van der Waals surface area contributed by atoms with Gasteiger partial charge in [-0.15, -0.1) is 0 Å². The van der Waals surface area contributed by atoms with Crippen LogP contribution in [0.25, 0.3) is 10.9 Å². The summed E-state index contributed by atoms with van der Waals surface area (Å²) in [5, 5.41) is 18.6. The van der Waals surface area contributed by atoms with Crippen LogP contribution < -0.4 is 4.90 Å². The van der Waals surface area contributed by atoms with Crippen molar-refractivity contribution in [3.8, 4) is 5.75 Å². The van der Waals surface area contributed by atoms with Crippen LogP contribution in [0.4, 0.5) is 5.69 Å². The van der Waals surface area contributed by atoms with Crippen molar-refractivity contribution in [2.45, 2.75) is 20.3 Å². The molecule has 2 N–H and O–H groups in total. The molecule has 0 bridgehead atoms. The van der Waals surface area contributed by atoms with Crippen molar-refractivity contribution in [2.24, 2.45) is 0 Å². The Bertz CT molecular complexity index is 1290. The fourth-order valence-electron chi connectivity index (χ4n) is 3.65. The molecule has 0 aliphatic rings. The molecule has 0 aliphatic carbocycles. The van der Waals surface area contributed by atoms with E-state index < -0.39 is 0 Å². The van der Waals surface area contributed by atoms with Gasteiger partial charge in [-0.3, -0.25) is 14.7 Å². The molecule has 0 saturated carbocycles. The molecule has 6 nitrogen and oxygen atoms in total. The summed E-state index contributed by atoms with van der Waals surface area (Å²) in [5.41, 5.74) is 5.17. The number of fused-ring (bicyclic) bond motifs is 1. The Balaban J connectivity index is 1.67. The number of phenolic OH excluding ortho intramolecular Hbond substituents is 1. The molecular weight excluding hydrogens is 390 g/mol. The number of anilines is 1. The summed E-state index contributed by atoms with van der Waals surface area (Å²) >= 11 is 0. The monoisotopic (exact) mass is 413 g/mol. The lowest BCUT2D eigenvalue weighted by Crippen LogP contribution is -2.26. The van der Waals surface area contributed by atoms with Crippen LogP contribution in [0.3, 0.4) is 0 Å². The van der Waals surface area contributed by atoms with Crippen LogP contribution in [-0.2, 0) is 6.42 Å². The van der Waals surface area contributed by atoms with Crippen molar-refractivity contribution in [2.75, 3.05) is 11.9 Å². The molecule has 0 fully saturated rings. The summed E-state index contributed by atoms with van der Waals surface area (Å²) in [6.07, 6.45) is 0.614. The summed E-state index contributed by atoms with van der Waals surface area (Å²) in [6.45, 7) is 3.54. The largest absolute Gasteiger partial charge is 0.507 e. The van der Waals surface area contributed by atoms with Gasteiger partial charge in [-0.25, -0.2) is 0 Å². The lowest BCUT2D eigenvalue weighted by Gasteiger charge is -2.18. The van der Waals surface area contributed by atoms with Crippen LogP contribution in [0.2, 0.25) is 0 Å². The van der Waals surface area contributed by atoms with Gasteiger partial charge in [0, 0.05) is 36.2 Å². The van der Waals surface area contributed by atoms with Crippen LogP contribution in [0.15, 0.2) is 60.7 Å². The Morgan fingerprint density at radius 1 is 1.06 bits per heavy atom. The second kappa shape index (κ2) is 8.07. The predicted molar refractivity (Wildman–Crippen MR) is 121 cm³/mol. The number of ketones is 1. The molecule has 4 aromatic rings. The molecular formula is C25H23N3O3. The van der Waals surface area contributed by atoms with Crippen molar-refractivity contribution in [3.63, 3.8) is 0 Å². The first-order valence-corrected chi connectivity index (χ1v) is 9.98. The fourth-order valence-corrected chi connectivity index (χ4v) is 3.65. The average Bonchev–Trinajstić information content (AvgIpc) is 3.13. The normalized spacial score (nSPS) is 10.9. The molecule has 1 aromatic heterocycles. The molecule has 6 heteroatoms. The molecule has 4 rings (SSSR count). The highest BCUT2D eigenvalue weighted by molar-refractivity contribution is 6.10. The zero-order valence-corrected chi connectivity index (χ0v) is 17.6. The quantitative estimate of drug-likeness (QED) is 0.467. The zero-order chi connectivity index (χ0) is 22.1. The number of aryl methyl sites for hydroxylation is 1. The van der Waals surface area contributed by atoms with Crippen LogP contribution >= 0.6 is 0 Å². The SMILES string of the molecule is CC(=O)c1ccc(N(C)C(=O)c2cc3c(Cc4cccc(C)c4)n[nH]c3cc2O)cc1. The van der Waals surface area contributed by atoms with Gasteiger partial charge in [-0.1, -0.05) is 29.8 Å². The smallest absolute Gasteiger partial charge is 0.261 e. The van der Waals surface area contributed by atoms with E-state index in [-0.39, 0.29) is 23.0 Å². The molecule has 156 valence electrons. The maximum absolute atomic E-state index is 13.1. The maximum atomic E-state index is 13.1. The summed E-state index contributed by atoms with van der Waals surface area (Å²) < 4.78 is 0. The Kier molecular flexibility index (Phi) is 5.29. The highest BCUT2D eigenvalue weighted by Crippen LogP contribution is 2.29. The topological polar surface area (TPSA) is 86.3 Å². The zero-order valence-electron chi connectivity index (χ0n) is 17.6. The lowest BCUT2D eigenvalue weighted by molar-refractivity contribution is 0.0988. The number of aromatic hydroxyl groups is 1. The number of carbonyl (C=O) groups is 2. The van der Waals surface area contributed by atoms with E-state index in [1.54, 1.807) is 37.4 Å². The Hall–Kier alpha value is -3.93. The van der Waals surface area contributed by atoms with Crippen molar-refractivity contribution in [1.82, 2.24) is 10.2 Å². The molecule has 3 aromatic carbocycles. The number of benzene rings is 3. The molecule has 1 amide bonds. The fraction of sp³-hybridized carbons (Fsp3) is 0.160. The summed E-state index contributed by atoms with van der Waals surface area (Å²) in [7, 11) is 1.64. The van der Waals surface area contributed by atoms with Gasteiger partial charge in [-0.05, 0) is 49.7 Å². The molecule has 0 saturated heterocycles. The minimum atomic E-state index is -0.349. The van der Waals surface area contributed by atoms with E-state index in [4.69, 9.17) is 0 Å². The summed E-state index contributed by atoms with van der Waals surface area (Å²) in [5.74, 6) is -0.502. The van der Waals surface area contributed by atoms with Gasteiger partial charge < -0.3 is 10.0 Å². The Labute approximate surface area is 180 Å². The van der Waals surface area contributed by atoms with E-state index in [9.17, 15) is 14.7 Å². The number of hydrogen-bond donors (Lipinski definition) is 2. The molecule has 0 atom stereocenters. The number of hydrogen-bond acceptors (Lipinski definition) is 4. The van der Waals surface area contributed by atoms with E-state index >= 15 is 0 Å². The minimum Gasteiger partial charge on any atom is -0.507 e. The van der Waals surface area contributed by atoms with Gasteiger partial charge >= 0.3 is 0 Å². The molecule has 0 aliphatic heterocycles. The van der Waals surface area contributed by atoms with Crippen LogP contribution in [0.1, 0.15) is 44.5 Å². The second-order valence-electron chi connectivity index (χ2n) is 7.72. The molecule has 0 radical (unpaired) electrons. The molecule has 0 spiro atoms. The van der Waals surface area contributed by atoms with Gasteiger partial charge in [0.15, 0.2) is 5.78 Å². The molecule has 0 unspecified atom stereocenters. The highest BCUT2D eigenvalue weighted by atomic mass is 16.3.